The first-order valence-electron chi connectivity index (χ1n) is 9.48. The van der Waals surface area contributed by atoms with E-state index >= 15 is 0 Å². The van der Waals surface area contributed by atoms with Gasteiger partial charge in [-0.15, -0.1) is 0 Å². The van der Waals surface area contributed by atoms with Crippen molar-refractivity contribution in [1.82, 2.24) is 9.88 Å². The summed E-state index contributed by atoms with van der Waals surface area (Å²) in [6.45, 7) is 5.25. The van der Waals surface area contributed by atoms with Crippen LogP contribution >= 0.6 is 0 Å². The Morgan fingerprint density at radius 1 is 1.17 bits per heavy atom. The van der Waals surface area contributed by atoms with Crippen LogP contribution in [0.15, 0.2) is 36.5 Å². The van der Waals surface area contributed by atoms with Crippen LogP contribution in [0, 0.1) is 0 Å². The van der Waals surface area contributed by atoms with Gasteiger partial charge in [0.25, 0.3) is 0 Å². The molecule has 2 aliphatic heterocycles. The van der Waals surface area contributed by atoms with Crippen LogP contribution in [0.5, 0.6) is 5.75 Å². The molecule has 0 radical (unpaired) electrons. The number of nitrogens with zero attached hydrogens (tertiary/aromatic N) is 1. The lowest BCUT2D eigenvalue weighted by molar-refractivity contribution is 0.0293. The van der Waals surface area contributed by atoms with Gasteiger partial charge in [-0.3, -0.25) is 0 Å². The maximum atomic E-state index is 6.69. The maximum absolute atomic E-state index is 6.69. The molecule has 2 aliphatic rings. The van der Waals surface area contributed by atoms with Crippen LogP contribution in [0.2, 0.25) is 0 Å². The number of hydrogen-bond acceptors (Lipinski definition) is 2. The van der Waals surface area contributed by atoms with Crippen molar-refractivity contribution in [3.63, 3.8) is 0 Å². The smallest absolute Gasteiger partial charge is 0.151 e. The van der Waals surface area contributed by atoms with Crippen molar-refractivity contribution in [2.45, 2.75) is 57.6 Å². The minimum atomic E-state index is -0.166. The fraction of sp³-hybridized carbons (Fsp3) is 0.524. The lowest BCUT2D eigenvalue weighted by atomic mass is 9.88. The van der Waals surface area contributed by atoms with E-state index < -0.39 is 0 Å². The first-order valence-corrected chi connectivity index (χ1v) is 9.48. The summed E-state index contributed by atoms with van der Waals surface area (Å²) in [6, 6.07) is 11.0. The van der Waals surface area contributed by atoms with Gasteiger partial charge in [0.2, 0.25) is 0 Å². The van der Waals surface area contributed by atoms with E-state index in [2.05, 4.69) is 53.3 Å². The van der Waals surface area contributed by atoms with E-state index in [1.165, 1.54) is 42.5 Å². The average molecular weight is 324 g/mol. The lowest BCUT2D eigenvalue weighted by Gasteiger charge is -2.37. The van der Waals surface area contributed by atoms with Crippen molar-refractivity contribution in [1.29, 1.82) is 0 Å². The number of aromatic nitrogens is 1. The van der Waals surface area contributed by atoms with Gasteiger partial charge in [-0.05, 0) is 43.6 Å². The number of hydrogen-bond donors (Lipinski definition) is 1. The summed E-state index contributed by atoms with van der Waals surface area (Å²) in [6.07, 6.45) is 9.52. The van der Waals surface area contributed by atoms with Crippen molar-refractivity contribution in [3.05, 3.63) is 53.3 Å². The fourth-order valence-electron chi connectivity index (χ4n) is 4.17. The van der Waals surface area contributed by atoms with E-state index in [4.69, 9.17) is 4.74 Å². The number of nitrogens with one attached hydrogen (secondary N) is 1. The minimum Gasteiger partial charge on any atom is -0.481 e. The average Bonchev–Trinajstić information content (AvgIpc) is 2.96. The summed E-state index contributed by atoms with van der Waals surface area (Å²) >= 11 is 0. The molecule has 0 bridgehead atoms. The second kappa shape index (κ2) is 6.64. The normalized spacial score (nSPS) is 18.5. The predicted molar refractivity (Wildman–Crippen MR) is 97.6 cm³/mol. The number of piperidine rings is 1. The van der Waals surface area contributed by atoms with Crippen LogP contribution in [0.25, 0.3) is 0 Å². The van der Waals surface area contributed by atoms with Gasteiger partial charge in [0.15, 0.2) is 5.60 Å². The summed E-state index contributed by atoms with van der Waals surface area (Å²) in [5, 5.41) is 3.49. The topological polar surface area (TPSA) is 26.2 Å². The molecule has 1 fully saturated rings. The number of fused-ring (bicyclic) bond motifs is 3. The highest BCUT2D eigenvalue weighted by Gasteiger charge is 2.41. The predicted octanol–water partition coefficient (Wildman–Crippen LogP) is 4.24. The molecule has 24 heavy (non-hydrogen) atoms. The molecule has 3 nitrogen and oxygen atoms in total. The Morgan fingerprint density at radius 2 is 2.00 bits per heavy atom. The molecule has 1 aromatic carbocycles. The molecular formula is C21H28N2O. The van der Waals surface area contributed by atoms with Crippen LogP contribution in [0.3, 0.4) is 0 Å². The Morgan fingerprint density at radius 3 is 2.83 bits per heavy atom. The zero-order chi connectivity index (χ0) is 16.4. The molecule has 0 aliphatic carbocycles. The Bertz CT molecular complexity index is 698. The molecule has 2 aromatic rings. The number of unbranched alkanes of at least 4 members (excludes halogenated alkanes) is 2. The highest BCUT2D eigenvalue weighted by Crippen LogP contribution is 2.41. The maximum Gasteiger partial charge on any atom is 0.151 e. The van der Waals surface area contributed by atoms with Crippen molar-refractivity contribution in [2.75, 3.05) is 13.1 Å². The quantitative estimate of drug-likeness (QED) is 0.851. The molecule has 3 heterocycles. The second-order valence-corrected chi connectivity index (χ2v) is 7.27. The summed E-state index contributed by atoms with van der Waals surface area (Å²) in [4.78, 5) is 0. The third kappa shape index (κ3) is 2.86. The number of para-hydroxylation sites is 1. The molecular weight excluding hydrogens is 296 g/mol. The fourth-order valence-corrected chi connectivity index (χ4v) is 4.17. The lowest BCUT2D eigenvalue weighted by Crippen LogP contribution is -2.44. The van der Waals surface area contributed by atoms with E-state index in [1.807, 2.05) is 0 Å². The molecule has 0 atom stereocenters. The highest BCUT2D eigenvalue weighted by atomic mass is 16.5. The Hall–Kier alpha value is -1.74. The first-order chi connectivity index (χ1) is 11.8. The van der Waals surface area contributed by atoms with Gasteiger partial charge in [-0.2, -0.15) is 0 Å². The standard InChI is InChI=1S/C21H28N2O/c1-2-3-4-7-17-14-20-21(10-12-22-13-11-21)24-19-9-6-5-8-18(19)16-23(20)15-17/h5-6,8-9,14-15,22H,2-4,7,10-13,16H2,1H3. The van der Waals surface area contributed by atoms with E-state index in [1.54, 1.807) is 0 Å². The molecule has 0 amide bonds. The molecule has 3 heteroatoms. The first kappa shape index (κ1) is 15.8. The van der Waals surface area contributed by atoms with Gasteiger partial charge in [-0.1, -0.05) is 38.0 Å². The third-order valence-corrected chi connectivity index (χ3v) is 5.52. The number of benzene rings is 1. The van der Waals surface area contributed by atoms with Gasteiger partial charge in [0, 0.05) is 24.6 Å². The van der Waals surface area contributed by atoms with Crippen LogP contribution in [-0.2, 0) is 18.6 Å². The van der Waals surface area contributed by atoms with Gasteiger partial charge < -0.3 is 14.6 Å². The number of aryl methyl sites for hydroxylation is 1. The van der Waals surface area contributed by atoms with Crippen molar-refractivity contribution in [3.8, 4) is 5.75 Å². The molecule has 4 rings (SSSR count). The summed E-state index contributed by atoms with van der Waals surface area (Å²) < 4.78 is 9.15. The highest BCUT2D eigenvalue weighted by molar-refractivity contribution is 5.39. The van der Waals surface area contributed by atoms with Crippen molar-refractivity contribution in [2.24, 2.45) is 0 Å². The molecule has 1 spiro atoms. The van der Waals surface area contributed by atoms with E-state index in [9.17, 15) is 0 Å². The zero-order valence-corrected chi connectivity index (χ0v) is 14.7. The number of rotatable bonds is 4. The van der Waals surface area contributed by atoms with E-state index in [-0.39, 0.29) is 5.60 Å². The Balaban J connectivity index is 1.72. The molecule has 1 N–H and O–H groups in total. The molecule has 1 aromatic heterocycles. The largest absolute Gasteiger partial charge is 0.481 e. The SMILES string of the molecule is CCCCCc1cc2n(c1)Cc1ccccc1OC21CCNCC1. The Kier molecular flexibility index (Phi) is 4.36. The molecule has 0 unspecified atom stereocenters. The Labute approximate surface area is 145 Å². The zero-order valence-electron chi connectivity index (χ0n) is 14.7. The van der Waals surface area contributed by atoms with Gasteiger partial charge in [-0.25, -0.2) is 0 Å². The summed E-state index contributed by atoms with van der Waals surface area (Å²) in [7, 11) is 0. The van der Waals surface area contributed by atoms with Gasteiger partial charge in [0.1, 0.15) is 5.75 Å². The number of ether oxygens (including phenoxy) is 1. The monoisotopic (exact) mass is 324 g/mol. The van der Waals surface area contributed by atoms with Crippen LogP contribution in [-0.4, -0.2) is 17.7 Å². The van der Waals surface area contributed by atoms with E-state index in [0.717, 1.165) is 38.2 Å². The summed E-state index contributed by atoms with van der Waals surface area (Å²) in [5.74, 6) is 1.07. The molecule has 0 saturated carbocycles. The van der Waals surface area contributed by atoms with Crippen LogP contribution in [0.4, 0.5) is 0 Å². The second-order valence-electron chi connectivity index (χ2n) is 7.27. The third-order valence-electron chi connectivity index (χ3n) is 5.52. The molecule has 1 saturated heterocycles. The van der Waals surface area contributed by atoms with E-state index in [0.29, 0.717) is 0 Å². The van der Waals surface area contributed by atoms with Crippen molar-refractivity contribution >= 4 is 0 Å². The van der Waals surface area contributed by atoms with Crippen LogP contribution < -0.4 is 10.1 Å². The summed E-state index contributed by atoms with van der Waals surface area (Å²) in [5.41, 5.74) is 3.98. The van der Waals surface area contributed by atoms with Crippen LogP contribution in [0.1, 0.15) is 55.8 Å². The van der Waals surface area contributed by atoms with Gasteiger partial charge >= 0.3 is 0 Å². The van der Waals surface area contributed by atoms with Gasteiger partial charge in [0.05, 0.1) is 12.2 Å². The minimum absolute atomic E-state index is 0.166. The van der Waals surface area contributed by atoms with Crippen molar-refractivity contribution < 1.29 is 4.74 Å². The molecule has 128 valence electrons.